The Bertz CT molecular complexity index is 1060. The third-order valence-corrected chi connectivity index (χ3v) is 8.65. The molecule has 1 aliphatic rings. The maximum atomic E-state index is 12.8. The first-order valence-electron chi connectivity index (χ1n) is 10.5. The van der Waals surface area contributed by atoms with E-state index in [1.165, 1.54) is 26.9 Å². The van der Waals surface area contributed by atoms with Crippen molar-refractivity contribution in [1.82, 2.24) is 14.5 Å². The number of sulfonamides is 1. The molecule has 0 fully saturated rings. The van der Waals surface area contributed by atoms with Crippen LogP contribution in [0, 0.1) is 6.92 Å². The van der Waals surface area contributed by atoms with Crippen molar-refractivity contribution in [1.29, 1.82) is 0 Å². The van der Waals surface area contributed by atoms with E-state index in [2.05, 4.69) is 16.8 Å². The van der Waals surface area contributed by atoms with E-state index in [4.69, 9.17) is 0 Å². The van der Waals surface area contributed by atoms with E-state index in [1.807, 2.05) is 4.90 Å². The number of carbonyl (C=O) groups excluding carboxylic acids is 2. The van der Waals surface area contributed by atoms with Crippen LogP contribution in [0.15, 0.2) is 34.5 Å². The van der Waals surface area contributed by atoms with Crippen LogP contribution in [0.4, 0.5) is 0 Å². The fraction of sp³-hybridized carbons (Fsp3) is 0.455. The van der Waals surface area contributed by atoms with Gasteiger partial charge in [0, 0.05) is 49.6 Å². The van der Waals surface area contributed by atoms with Gasteiger partial charge in [0.05, 0.1) is 4.90 Å². The summed E-state index contributed by atoms with van der Waals surface area (Å²) in [5.74, 6) is -0.368. The summed E-state index contributed by atoms with van der Waals surface area (Å²) >= 11 is 1.73. The number of carbonyl (C=O) groups is 2. The number of hydrogen-bond donors (Lipinski definition) is 1. The van der Waals surface area contributed by atoms with Crippen LogP contribution < -0.4 is 5.32 Å². The van der Waals surface area contributed by atoms with Gasteiger partial charge >= 0.3 is 0 Å². The van der Waals surface area contributed by atoms with Crippen molar-refractivity contribution in [3.8, 4) is 0 Å². The SMILES string of the molecule is CCN(CC)S(=O)(=O)c1ccc(C)c(C(=O)NCCC(=O)N2CCc3sccc3C2)c1. The minimum absolute atomic E-state index is 0.00624. The number of aryl methyl sites for hydroxylation is 1. The van der Waals surface area contributed by atoms with Crippen LogP contribution in [0.3, 0.4) is 0 Å². The molecule has 2 amide bonds. The number of fused-ring (bicyclic) bond motifs is 1. The lowest BCUT2D eigenvalue weighted by atomic mass is 10.1. The molecule has 0 bridgehead atoms. The molecule has 1 N–H and O–H groups in total. The Morgan fingerprint density at radius 2 is 1.94 bits per heavy atom. The average Bonchev–Trinajstić information content (AvgIpc) is 3.22. The average molecular weight is 464 g/mol. The van der Waals surface area contributed by atoms with E-state index in [-0.39, 0.29) is 29.7 Å². The predicted molar refractivity (Wildman–Crippen MR) is 122 cm³/mol. The van der Waals surface area contributed by atoms with Gasteiger partial charge in [-0.25, -0.2) is 8.42 Å². The number of nitrogens with zero attached hydrogens (tertiary/aromatic N) is 2. The number of thiophene rings is 1. The van der Waals surface area contributed by atoms with Crippen LogP contribution in [-0.2, 0) is 27.8 Å². The summed E-state index contributed by atoms with van der Waals surface area (Å²) in [6.45, 7) is 7.57. The molecule has 0 aliphatic carbocycles. The highest BCUT2D eigenvalue weighted by Crippen LogP contribution is 2.24. The summed E-state index contributed by atoms with van der Waals surface area (Å²) in [7, 11) is -3.65. The molecular formula is C22H29N3O4S2. The normalized spacial score (nSPS) is 13.9. The van der Waals surface area contributed by atoms with Gasteiger partial charge in [0.1, 0.15) is 0 Å². The van der Waals surface area contributed by atoms with E-state index in [9.17, 15) is 18.0 Å². The first kappa shape index (κ1) is 23.4. The van der Waals surface area contributed by atoms with E-state index in [0.717, 1.165) is 6.42 Å². The van der Waals surface area contributed by atoms with E-state index < -0.39 is 10.0 Å². The lowest BCUT2D eigenvalue weighted by molar-refractivity contribution is -0.131. The second-order valence-electron chi connectivity index (χ2n) is 7.51. The van der Waals surface area contributed by atoms with E-state index >= 15 is 0 Å². The Morgan fingerprint density at radius 3 is 2.65 bits per heavy atom. The summed E-state index contributed by atoms with van der Waals surface area (Å²) in [6.07, 6.45) is 1.08. The van der Waals surface area contributed by atoms with Gasteiger partial charge in [0.15, 0.2) is 0 Å². The minimum atomic E-state index is -3.65. The second kappa shape index (κ2) is 9.93. The molecule has 0 saturated heterocycles. The summed E-state index contributed by atoms with van der Waals surface area (Å²) in [6, 6.07) is 6.65. The Hall–Kier alpha value is -2.23. The monoisotopic (exact) mass is 463 g/mol. The third-order valence-electron chi connectivity index (χ3n) is 5.58. The molecule has 31 heavy (non-hydrogen) atoms. The molecule has 0 spiro atoms. The number of nitrogens with one attached hydrogen (secondary N) is 1. The topological polar surface area (TPSA) is 86.8 Å². The lowest BCUT2D eigenvalue weighted by Gasteiger charge is -2.27. The van der Waals surface area contributed by atoms with Crippen molar-refractivity contribution in [3.63, 3.8) is 0 Å². The van der Waals surface area contributed by atoms with Gasteiger partial charge in [-0.2, -0.15) is 4.31 Å². The first-order chi connectivity index (χ1) is 14.8. The molecular weight excluding hydrogens is 434 g/mol. The van der Waals surface area contributed by atoms with Crippen molar-refractivity contribution in [3.05, 3.63) is 51.2 Å². The van der Waals surface area contributed by atoms with E-state index in [1.54, 1.807) is 38.2 Å². The van der Waals surface area contributed by atoms with Crippen LogP contribution >= 0.6 is 11.3 Å². The molecule has 0 atom stereocenters. The van der Waals surface area contributed by atoms with Gasteiger partial charge in [-0.05, 0) is 48.1 Å². The Labute approximate surface area is 188 Å². The van der Waals surface area contributed by atoms with Gasteiger partial charge in [0.2, 0.25) is 15.9 Å². The maximum Gasteiger partial charge on any atom is 0.251 e. The molecule has 9 heteroatoms. The molecule has 2 aromatic rings. The van der Waals surface area contributed by atoms with Crippen molar-refractivity contribution < 1.29 is 18.0 Å². The van der Waals surface area contributed by atoms with Crippen molar-refractivity contribution in [2.75, 3.05) is 26.2 Å². The Morgan fingerprint density at radius 1 is 1.19 bits per heavy atom. The van der Waals surface area contributed by atoms with Crippen molar-refractivity contribution in [2.45, 2.75) is 45.1 Å². The van der Waals surface area contributed by atoms with E-state index in [0.29, 0.717) is 37.3 Å². The highest BCUT2D eigenvalue weighted by Gasteiger charge is 2.24. The zero-order chi connectivity index (χ0) is 22.6. The summed E-state index contributed by atoms with van der Waals surface area (Å²) in [5.41, 5.74) is 2.19. The maximum absolute atomic E-state index is 12.8. The van der Waals surface area contributed by atoms with Gasteiger partial charge in [-0.15, -0.1) is 11.3 Å². The van der Waals surface area contributed by atoms with Crippen LogP contribution in [-0.4, -0.2) is 55.6 Å². The number of amides is 2. The van der Waals surface area contributed by atoms with Crippen molar-refractivity contribution >= 4 is 33.2 Å². The lowest BCUT2D eigenvalue weighted by Crippen LogP contribution is -2.37. The molecule has 168 valence electrons. The quantitative estimate of drug-likeness (QED) is 0.652. The zero-order valence-electron chi connectivity index (χ0n) is 18.2. The molecule has 0 radical (unpaired) electrons. The van der Waals surface area contributed by atoms with Crippen LogP contribution in [0.1, 0.15) is 46.6 Å². The number of benzene rings is 1. The first-order valence-corrected chi connectivity index (χ1v) is 12.8. The molecule has 0 unspecified atom stereocenters. The standard InChI is InChI=1S/C22H29N3O4S2/c1-4-25(5-2)31(28,29)18-7-6-16(3)19(14-18)22(27)23-11-8-21(26)24-12-9-20-17(15-24)10-13-30-20/h6-7,10,13-14H,4-5,8-9,11-12,15H2,1-3H3,(H,23,27). The molecule has 1 aromatic carbocycles. The number of rotatable bonds is 8. The molecule has 1 aliphatic heterocycles. The highest BCUT2D eigenvalue weighted by atomic mass is 32.2. The fourth-order valence-corrected chi connectivity index (χ4v) is 6.09. The summed E-state index contributed by atoms with van der Waals surface area (Å²) in [5, 5.41) is 4.82. The predicted octanol–water partition coefficient (Wildman–Crippen LogP) is 2.79. The smallest absolute Gasteiger partial charge is 0.251 e. The molecule has 3 rings (SSSR count). The Balaban J connectivity index is 1.61. The molecule has 1 aromatic heterocycles. The highest BCUT2D eigenvalue weighted by molar-refractivity contribution is 7.89. The molecule has 0 saturated carbocycles. The van der Waals surface area contributed by atoms with Gasteiger partial charge < -0.3 is 10.2 Å². The van der Waals surface area contributed by atoms with Crippen LogP contribution in [0.5, 0.6) is 0 Å². The van der Waals surface area contributed by atoms with Crippen molar-refractivity contribution in [2.24, 2.45) is 0 Å². The fourth-order valence-electron chi connectivity index (χ4n) is 3.72. The Kier molecular flexibility index (Phi) is 7.51. The van der Waals surface area contributed by atoms with Crippen LogP contribution in [0.2, 0.25) is 0 Å². The summed E-state index contributed by atoms with van der Waals surface area (Å²) in [4.78, 5) is 28.5. The van der Waals surface area contributed by atoms with Gasteiger partial charge in [0.25, 0.3) is 5.91 Å². The molecule has 2 heterocycles. The second-order valence-corrected chi connectivity index (χ2v) is 10.4. The zero-order valence-corrected chi connectivity index (χ0v) is 19.8. The van der Waals surface area contributed by atoms with Gasteiger partial charge in [-0.3, -0.25) is 9.59 Å². The van der Waals surface area contributed by atoms with Crippen LogP contribution in [0.25, 0.3) is 0 Å². The summed E-state index contributed by atoms with van der Waals surface area (Å²) < 4.78 is 26.9. The third kappa shape index (κ3) is 5.16. The number of hydrogen-bond acceptors (Lipinski definition) is 5. The molecule has 7 nitrogen and oxygen atoms in total. The van der Waals surface area contributed by atoms with Gasteiger partial charge in [-0.1, -0.05) is 19.9 Å². The minimum Gasteiger partial charge on any atom is -0.352 e. The largest absolute Gasteiger partial charge is 0.352 e.